The molecule has 4 aromatic rings. The lowest BCUT2D eigenvalue weighted by atomic mass is 10.1. The predicted molar refractivity (Wildman–Crippen MR) is 120 cm³/mol. The van der Waals surface area contributed by atoms with Crippen LogP contribution in [0.1, 0.15) is 30.8 Å². The Morgan fingerprint density at radius 3 is 2.45 bits per heavy atom. The highest BCUT2D eigenvalue weighted by molar-refractivity contribution is 5.95. The first-order valence-electron chi connectivity index (χ1n) is 11.0. The number of fused-ring (bicyclic) bond motifs is 3. The van der Waals surface area contributed by atoms with Crippen molar-refractivity contribution in [2.75, 3.05) is 24.5 Å². The van der Waals surface area contributed by atoms with Gasteiger partial charge in [-0.25, -0.2) is 0 Å². The van der Waals surface area contributed by atoms with E-state index in [2.05, 4.69) is 10.2 Å². The number of hydrogen-bond donors (Lipinski definition) is 1. The number of amides is 1. The van der Waals surface area contributed by atoms with Gasteiger partial charge in [-0.1, -0.05) is 42.5 Å². The van der Waals surface area contributed by atoms with E-state index in [9.17, 15) is 4.79 Å². The Morgan fingerprint density at radius 1 is 0.968 bits per heavy atom. The molecule has 0 atom stereocenters. The molecule has 2 aromatic carbocycles. The van der Waals surface area contributed by atoms with Gasteiger partial charge in [0.1, 0.15) is 0 Å². The summed E-state index contributed by atoms with van der Waals surface area (Å²) in [5.74, 6) is 0.770. The summed E-state index contributed by atoms with van der Waals surface area (Å²) in [6.45, 7) is 4.96. The third-order valence-corrected chi connectivity index (χ3v) is 6.14. The van der Waals surface area contributed by atoms with Crippen molar-refractivity contribution in [1.29, 1.82) is 0 Å². The molecule has 1 aliphatic heterocycles. The fourth-order valence-corrected chi connectivity index (χ4v) is 4.49. The van der Waals surface area contributed by atoms with Gasteiger partial charge < -0.3 is 4.90 Å². The highest BCUT2D eigenvalue weighted by Gasteiger charge is 2.25. The summed E-state index contributed by atoms with van der Waals surface area (Å²) in [6, 6.07) is 17.9. The van der Waals surface area contributed by atoms with Crippen LogP contribution in [0.5, 0.6) is 0 Å². The molecule has 0 radical (unpaired) electrons. The third-order valence-electron chi connectivity index (χ3n) is 6.14. The minimum atomic E-state index is 0.109. The number of anilines is 1. The maximum absolute atomic E-state index is 13.4. The minimum Gasteiger partial charge on any atom is -0.327 e. The first-order chi connectivity index (χ1) is 15.2. The van der Waals surface area contributed by atoms with Crippen LogP contribution >= 0.6 is 0 Å². The molecule has 2 aromatic heterocycles. The fourth-order valence-electron chi connectivity index (χ4n) is 4.49. The minimum absolute atomic E-state index is 0.109. The standard InChI is InChI=1S/C24H26N6O/c1-18-20-12-6-7-13-21(20)24-26-25-22(30(24)27-18)16-29(19-10-4-2-5-11-19)23(31)17-28-14-8-3-9-15-28/h2,4-7,10-13H,3,8-9,14-17H2,1H3/p+1. The summed E-state index contributed by atoms with van der Waals surface area (Å²) in [5, 5.41) is 15.7. The molecule has 0 spiro atoms. The van der Waals surface area contributed by atoms with Gasteiger partial charge in [0, 0.05) is 16.5 Å². The fraction of sp³-hybridized carbons (Fsp3) is 0.333. The second-order valence-electron chi connectivity index (χ2n) is 8.29. The zero-order valence-electron chi connectivity index (χ0n) is 17.8. The molecule has 0 saturated carbocycles. The zero-order valence-corrected chi connectivity index (χ0v) is 17.8. The van der Waals surface area contributed by atoms with Crippen LogP contribution < -0.4 is 9.80 Å². The van der Waals surface area contributed by atoms with Crippen LogP contribution in [-0.4, -0.2) is 45.4 Å². The lowest BCUT2D eigenvalue weighted by Crippen LogP contribution is -3.13. The number of carbonyl (C=O) groups is 1. The molecule has 5 rings (SSSR count). The quantitative estimate of drug-likeness (QED) is 0.543. The number of likely N-dealkylation sites (tertiary alicyclic amines) is 1. The number of carbonyl (C=O) groups excluding carboxylic acids is 1. The number of nitrogens with one attached hydrogen (secondary N) is 1. The molecule has 1 fully saturated rings. The van der Waals surface area contributed by atoms with Crippen molar-refractivity contribution >= 4 is 28.0 Å². The van der Waals surface area contributed by atoms with Gasteiger partial charge in [0.15, 0.2) is 18.0 Å². The molecule has 1 aliphatic rings. The van der Waals surface area contributed by atoms with E-state index in [1.54, 1.807) is 4.52 Å². The first-order valence-corrected chi connectivity index (χ1v) is 11.0. The highest BCUT2D eigenvalue weighted by Crippen LogP contribution is 2.22. The highest BCUT2D eigenvalue weighted by atomic mass is 16.2. The summed E-state index contributed by atoms with van der Waals surface area (Å²) >= 11 is 0. The number of benzene rings is 2. The molecular formula is C24H27N6O+. The topological polar surface area (TPSA) is 67.8 Å². The third kappa shape index (κ3) is 3.88. The molecule has 158 valence electrons. The average molecular weight is 416 g/mol. The van der Waals surface area contributed by atoms with Crippen molar-refractivity contribution in [1.82, 2.24) is 19.8 Å². The van der Waals surface area contributed by atoms with Gasteiger partial charge in [0.25, 0.3) is 5.91 Å². The molecule has 7 nitrogen and oxygen atoms in total. The van der Waals surface area contributed by atoms with E-state index in [1.165, 1.54) is 24.2 Å². The van der Waals surface area contributed by atoms with Gasteiger partial charge in [-0.2, -0.15) is 9.61 Å². The summed E-state index contributed by atoms with van der Waals surface area (Å²) in [6.07, 6.45) is 3.66. The van der Waals surface area contributed by atoms with Crippen LogP contribution in [0.3, 0.4) is 0 Å². The van der Waals surface area contributed by atoms with E-state index in [0.29, 0.717) is 18.9 Å². The van der Waals surface area contributed by atoms with E-state index in [4.69, 9.17) is 5.10 Å². The number of hydrogen-bond acceptors (Lipinski definition) is 4. The smallest absolute Gasteiger partial charge is 0.282 e. The van der Waals surface area contributed by atoms with Crippen LogP contribution in [0.25, 0.3) is 16.4 Å². The van der Waals surface area contributed by atoms with E-state index >= 15 is 0 Å². The summed E-state index contributed by atoms with van der Waals surface area (Å²) in [5.41, 5.74) is 2.51. The monoisotopic (exact) mass is 415 g/mol. The lowest BCUT2D eigenvalue weighted by molar-refractivity contribution is -0.896. The summed E-state index contributed by atoms with van der Waals surface area (Å²) < 4.78 is 1.79. The van der Waals surface area contributed by atoms with Gasteiger partial charge in [-0.15, -0.1) is 10.2 Å². The van der Waals surface area contributed by atoms with Crippen LogP contribution in [0.15, 0.2) is 54.6 Å². The summed E-state index contributed by atoms with van der Waals surface area (Å²) in [4.78, 5) is 16.6. The maximum atomic E-state index is 13.4. The Hall–Kier alpha value is -3.32. The first kappa shape index (κ1) is 19.6. The van der Waals surface area contributed by atoms with Crippen LogP contribution in [0.2, 0.25) is 0 Å². The van der Waals surface area contributed by atoms with Crippen molar-refractivity contribution in [3.8, 4) is 0 Å². The van der Waals surface area contributed by atoms with E-state index in [0.717, 1.165) is 40.9 Å². The normalized spacial score (nSPS) is 14.9. The van der Waals surface area contributed by atoms with Gasteiger partial charge in [-0.05, 0) is 38.3 Å². The molecule has 0 aliphatic carbocycles. The van der Waals surface area contributed by atoms with Crippen LogP contribution in [0.4, 0.5) is 5.69 Å². The zero-order chi connectivity index (χ0) is 21.2. The molecule has 0 bridgehead atoms. The Labute approximate surface area is 181 Å². The number of aromatic nitrogens is 4. The van der Waals surface area contributed by atoms with E-state index < -0.39 is 0 Å². The molecule has 1 saturated heterocycles. The van der Waals surface area contributed by atoms with E-state index in [-0.39, 0.29) is 5.91 Å². The number of para-hydroxylation sites is 1. The molecule has 3 heterocycles. The number of quaternary nitrogens is 1. The lowest BCUT2D eigenvalue weighted by Gasteiger charge is -2.27. The van der Waals surface area contributed by atoms with E-state index in [1.807, 2.05) is 66.4 Å². The number of nitrogens with zero attached hydrogens (tertiary/aromatic N) is 5. The molecule has 1 amide bonds. The average Bonchev–Trinajstić information content (AvgIpc) is 3.21. The largest absolute Gasteiger partial charge is 0.327 e. The Bertz CT molecular complexity index is 1210. The molecule has 31 heavy (non-hydrogen) atoms. The SMILES string of the molecule is Cc1nn2c(CN(C(=O)C[NH+]3CCCCC3)c3ccccc3)nnc2c2ccccc12. The Morgan fingerprint density at radius 2 is 1.68 bits per heavy atom. The van der Waals surface area contributed by atoms with Crippen LogP contribution in [0, 0.1) is 6.92 Å². The van der Waals surface area contributed by atoms with Crippen molar-refractivity contribution in [3.63, 3.8) is 0 Å². The van der Waals surface area contributed by atoms with Gasteiger partial charge in [-0.3, -0.25) is 9.69 Å². The van der Waals surface area contributed by atoms with Crippen molar-refractivity contribution in [2.24, 2.45) is 0 Å². The number of piperidine rings is 1. The predicted octanol–water partition coefficient (Wildman–Crippen LogP) is 2.19. The maximum Gasteiger partial charge on any atom is 0.282 e. The van der Waals surface area contributed by atoms with Crippen molar-refractivity contribution in [3.05, 3.63) is 66.1 Å². The van der Waals surface area contributed by atoms with Crippen molar-refractivity contribution < 1.29 is 9.69 Å². The molecule has 1 N–H and O–H groups in total. The number of aryl methyl sites for hydroxylation is 1. The Balaban J connectivity index is 1.50. The van der Waals surface area contributed by atoms with Crippen molar-refractivity contribution in [2.45, 2.75) is 32.7 Å². The summed E-state index contributed by atoms with van der Waals surface area (Å²) in [7, 11) is 0. The van der Waals surface area contributed by atoms with Gasteiger partial charge in [0.05, 0.1) is 25.3 Å². The second kappa shape index (κ2) is 8.43. The Kier molecular flexibility index (Phi) is 5.34. The van der Waals surface area contributed by atoms with Crippen LogP contribution in [-0.2, 0) is 11.3 Å². The number of rotatable bonds is 5. The second-order valence-corrected chi connectivity index (χ2v) is 8.29. The molecule has 7 heteroatoms. The van der Waals surface area contributed by atoms with Gasteiger partial charge in [0.2, 0.25) is 0 Å². The van der Waals surface area contributed by atoms with Gasteiger partial charge >= 0.3 is 0 Å². The molecule has 0 unspecified atom stereocenters. The molecular weight excluding hydrogens is 388 g/mol.